The summed E-state index contributed by atoms with van der Waals surface area (Å²) in [4.78, 5) is 5.00. The van der Waals surface area contributed by atoms with E-state index in [9.17, 15) is 0 Å². The van der Waals surface area contributed by atoms with Gasteiger partial charge in [-0.3, -0.25) is 4.90 Å². The van der Waals surface area contributed by atoms with Crippen LogP contribution in [0, 0.1) is 0 Å². The molecule has 5 nitrogen and oxygen atoms in total. The molecule has 0 spiro atoms. The number of piperazine rings is 1. The Morgan fingerprint density at radius 3 is 2.39 bits per heavy atom. The lowest BCUT2D eigenvalue weighted by Crippen LogP contribution is -2.46. The van der Waals surface area contributed by atoms with Crippen LogP contribution in [-0.2, 0) is 6.54 Å². The van der Waals surface area contributed by atoms with Crippen LogP contribution in [-0.4, -0.2) is 62.3 Å². The summed E-state index contributed by atoms with van der Waals surface area (Å²) in [5.74, 6) is 1.63. The zero-order chi connectivity index (χ0) is 16.7. The van der Waals surface area contributed by atoms with Crippen molar-refractivity contribution < 1.29 is 9.47 Å². The van der Waals surface area contributed by atoms with Gasteiger partial charge in [-0.25, -0.2) is 0 Å². The van der Waals surface area contributed by atoms with Gasteiger partial charge in [-0.2, -0.15) is 0 Å². The van der Waals surface area contributed by atoms with Crippen LogP contribution in [0.2, 0.25) is 0 Å². The molecule has 1 aliphatic heterocycles. The van der Waals surface area contributed by atoms with Gasteiger partial charge in [0.2, 0.25) is 0 Å². The molecule has 2 N–H and O–H groups in total. The summed E-state index contributed by atoms with van der Waals surface area (Å²) in [7, 11) is 1.70. The molecule has 1 saturated heterocycles. The number of methoxy groups -OCH3 is 1. The molecule has 1 aromatic carbocycles. The predicted octanol–water partition coefficient (Wildman–Crippen LogP) is 1.95. The topological polar surface area (TPSA) is 51.0 Å². The highest BCUT2D eigenvalue weighted by molar-refractivity contribution is 5.43. The second kappa shape index (κ2) is 9.11. The highest BCUT2D eigenvalue weighted by Crippen LogP contribution is 2.29. The Labute approximate surface area is 140 Å². The van der Waals surface area contributed by atoms with Gasteiger partial charge in [-0.15, -0.1) is 0 Å². The Morgan fingerprint density at radius 1 is 1.09 bits per heavy atom. The van der Waals surface area contributed by atoms with Crippen molar-refractivity contribution in [1.29, 1.82) is 0 Å². The summed E-state index contributed by atoms with van der Waals surface area (Å²) in [6.07, 6.45) is 1.24. The number of ether oxygens (including phenoxy) is 2. The van der Waals surface area contributed by atoms with Crippen LogP contribution in [0.1, 0.15) is 25.8 Å². The molecule has 5 heteroatoms. The van der Waals surface area contributed by atoms with Crippen molar-refractivity contribution >= 4 is 0 Å². The summed E-state index contributed by atoms with van der Waals surface area (Å²) >= 11 is 0. The number of nitrogens with zero attached hydrogens (tertiary/aromatic N) is 2. The van der Waals surface area contributed by atoms with Crippen LogP contribution in [0.15, 0.2) is 18.2 Å². The van der Waals surface area contributed by atoms with E-state index in [0.29, 0.717) is 0 Å². The Morgan fingerprint density at radius 2 is 1.78 bits per heavy atom. The minimum atomic E-state index is 0.149. The molecule has 0 unspecified atom stereocenters. The minimum absolute atomic E-state index is 0.149. The number of rotatable bonds is 8. The third kappa shape index (κ3) is 5.68. The standard InChI is InChI=1S/C18H31N3O2/c1-15(2)23-17-6-5-16(13-18(17)22-3)14-21-11-9-20(10-12-21)8-4-7-19/h5-6,13,15H,4,7-12,14,19H2,1-3H3. The minimum Gasteiger partial charge on any atom is -0.493 e. The van der Waals surface area contributed by atoms with Crippen LogP contribution in [0.5, 0.6) is 11.5 Å². The molecule has 1 heterocycles. The molecular weight excluding hydrogens is 290 g/mol. The maximum absolute atomic E-state index is 5.78. The fraction of sp³-hybridized carbons (Fsp3) is 0.667. The van der Waals surface area contributed by atoms with Crippen molar-refractivity contribution in [2.45, 2.75) is 32.9 Å². The van der Waals surface area contributed by atoms with Gasteiger partial charge in [0.05, 0.1) is 13.2 Å². The van der Waals surface area contributed by atoms with Crippen molar-refractivity contribution in [2.75, 3.05) is 46.4 Å². The highest BCUT2D eigenvalue weighted by Gasteiger charge is 2.17. The third-order valence-corrected chi connectivity index (χ3v) is 4.14. The van der Waals surface area contributed by atoms with Crippen LogP contribution in [0.4, 0.5) is 0 Å². The van der Waals surface area contributed by atoms with Gasteiger partial charge >= 0.3 is 0 Å². The molecule has 0 bridgehead atoms. The normalized spacial score (nSPS) is 16.7. The Hall–Kier alpha value is -1.30. The van der Waals surface area contributed by atoms with Gasteiger partial charge < -0.3 is 20.1 Å². The van der Waals surface area contributed by atoms with Gasteiger partial charge in [0, 0.05) is 32.7 Å². The molecule has 1 aliphatic rings. The van der Waals surface area contributed by atoms with Gasteiger partial charge in [-0.1, -0.05) is 6.07 Å². The first kappa shape index (κ1) is 18.0. The molecule has 0 aliphatic carbocycles. The second-order valence-electron chi connectivity index (χ2n) is 6.41. The number of nitrogens with two attached hydrogens (primary N) is 1. The smallest absolute Gasteiger partial charge is 0.161 e. The van der Waals surface area contributed by atoms with Crippen LogP contribution >= 0.6 is 0 Å². The van der Waals surface area contributed by atoms with Gasteiger partial charge in [0.25, 0.3) is 0 Å². The highest BCUT2D eigenvalue weighted by atomic mass is 16.5. The molecule has 0 saturated carbocycles. The van der Waals surface area contributed by atoms with Crippen LogP contribution in [0.3, 0.4) is 0 Å². The Kier molecular flexibility index (Phi) is 7.15. The second-order valence-corrected chi connectivity index (χ2v) is 6.41. The molecule has 1 fully saturated rings. The summed E-state index contributed by atoms with van der Waals surface area (Å²) < 4.78 is 11.3. The zero-order valence-electron chi connectivity index (χ0n) is 14.8. The van der Waals surface area contributed by atoms with E-state index in [1.54, 1.807) is 7.11 Å². The molecular formula is C18H31N3O2. The number of benzene rings is 1. The number of hydrogen-bond donors (Lipinski definition) is 1. The lowest BCUT2D eigenvalue weighted by Gasteiger charge is -2.34. The van der Waals surface area contributed by atoms with Crippen molar-refractivity contribution in [3.05, 3.63) is 23.8 Å². The van der Waals surface area contributed by atoms with Crippen molar-refractivity contribution in [1.82, 2.24) is 9.80 Å². The van der Waals surface area contributed by atoms with E-state index in [1.165, 1.54) is 5.56 Å². The van der Waals surface area contributed by atoms with E-state index >= 15 is 0 Å². The quantitative estimate of drug-likeness (QED) is 0.793. The maximum Gasteiger partial charge on any atom is 0.161 e. The maximum atomic E-state index is 5.78. The Bertz CT molecular complexity index is 471. The number of hydrogen-bond acceptors (Lipinski definition) is 5. The average molecular weight is 321 g/mol. The predicted molar refractivity (Wildman–Crippen MR) is 94.1 cm³/mol. The Balaban J connectivity index is 1.88. The van der Waals surface area contributed by atoms with Crippen molar-refractivity contribution in [2.24, 2.45) is 5.73 Å². The molecule has 130 valence electrons. The molecule has 0 atom stereocenters. The monoisotopic (exact) mass is 321 g/mol. The lowest BCUT2D eigenvalue weighted by atomic mass is 10.1. The summed E-state index contributed by atoms with van der Waals surface area (Å²) in [5, 5.41) is 0. The van der Waals surface area contributed by atoms with Crippen molar-refractivity contribution in [3.8, 4) is 11.5 Å². The van der Waals surface area contributed by atoms with E-state index in [-0.39, 0.29) is 6.10 Å². The summed E-state index contributed by atoms with van der Waals surface area (Å²) in [6.45, 7) is 11.4. The largest absolute Gasteiger partial charge is 0.493 e. The fourth-order valence-electron chi connectivity index (χ4n) is 2.91. The van der Waals surface area contributed by atoms with Gasteiger partial charge in [-0.05, 0) is 51.1 Å². The molecule has 1 aromatic rings. The van der Waals surface area contributed by atoms with Crippen LogP contribution < -0.4 is 15.2 Å². The lowest BCUT2D eigenvalue weighted by molar-refractivity contribution is 0.126. The van der Waals surface area contributed by atoms with E-state index in [2.05, 4.69) is 21.9 Å². The molecule has 0 aromatic heterocycles. The van der Waals surface area contributed by atoms with Gasteiger partial charge in [0.1, 0.15) is 0 Å². The molecule has 0 radical (unpaired) electrons. The third-order valence-electron chi connectivity index (χ3n) is 4.14. The van der Waals surface area contributed by atoms with E-state index in [1.807, 2.05) is 19.9 Å². The molecule has 0 amide bonds. The molecule has 23 heavy (non-hydrogen) atoms. The van der Waals surface area contributed by atoms with E-state index in [0.717, 1.165) is 63.7 Å². The van der Waals surface area contributed by atoms with Crippen molar-refractivity contribution in [3.63, 3.8) is 0 Å². The first-order chi connectivity index (χ1) is 11.1. The van der Waals surface area contributed by atoms with Gasteiger partial charge in [0.15, 0.2) is 11.5 Å². The van der Waals surface area contributed by atoms with E-state index < -0.39 is 0 Å². The SMILES string of the molecule is COc1cc(CN2CCN(CCCN)CC2)ccc1OC(C)C. The first-order valence-corrected chi connectivity index (χ1v) is 8.60. The molecule has 2 rings (SSSR count). The average Bonchev–Trinajstić information content (AvgIpc) is 2.55. The summed E-state index contributed by atoms with van der Waals surface area (Å²) in [6, 6.07) is 6.26. The fourth-order valence-corrected chi connectivity index (χ4v) is 2.91. The first-order valence-electron chi connectivity index (χ1n) is 8.60. The van der Waals surface area contributed by atoms with Crippen LogP contribution in [0.25, 0.3) is 0 Å². The zero-order valence-corrected chi connectivity index (χ0v) is 14.8. The summed E-state index contributed by atoms with van der Waals surface area (Å²) in [5.41, 5.74) is 6.86. The van der Waals surface area contributed by atoms with E-state index in [4.69, 9.17) is 15.2 Å².